The highest BCUT2D eigenvalue weighted by Crippen LogP contribution is 2.34. The summed E-state index contributed by atoms with van der Waals surface area (Å²) >= 11 is 0. The second kappa shape index (κ2) is 5.63. The van der Waals surface area contributed by atoms with E-state index in [2.05, 4.69) is 30.7 Å². The number of hydrogen-bond acceptors (Lipinski definition) is 4. The maximum Gasteiger partial charge on any atom is 0.325 e. The second-order valence-electron chi connectivity index (χ2n) is 4.36. The van der Waals surface area contributed by atoms with E-state index in [1.807, 2.05) is 0 Å². The molecule has 0 atom stereocenters. The van der Waals surface area contributed by atoms with Crippen molar-refractivity contribution in [3.05, 3.63) is 32.6 Å². The first-order chi connectivity index (χ1) is 7.38. The zero-order valence-corrected chi connectivity index (χ0v) is 11.3. The number of aromatic nitrogens is 2. The number of rotatable bonds is 4. The Hall–Kier alpha value is -0.620. The molecule has 0 fully saturated rings. The summed E-state index contributed by atoms with van der Waals surface area (Å²) in [6.45, 7) is 6.45. The Balaban J connectivity index is 2.44. The van der Waals surface area contributed by atoms with E-state index < -0.39 is 5.69 Å². The topological polar surface area (TPSA) is 65.7 Å². The van der Waals surface area contributed by atoms with Crippen molar-refractivity contribution in [2.24, 2.45) is 0 Å². The van der Waals surface area contributed by atoms with Gasteiger partial charge in [0.2, 0.25) is 0 Å². The zero-order valence-electron chi connectivity index (χ0n) is 9.62. The molecule has 0 aliphatic heterocycles. The maximum atomic E-state index is 11.3. The minimum absolute atomic E-state index is 0.224. The van der Waals surface area contributed by atoms with Gasteiger partial charge in [0.05, 0.1) is 0 Å². The summed E-state index contributed by atoms with van der Waals surface area (Å²) in [5.41, 5.74) is -0.114. The fraction of sp³-hybridized carbons (Fsp3) is 0.600. The molecule has 0 saturated carbocycles. The molecule has 0 saturated heterocycles. The number of nitrogens with one attached hydrogen (secondary N) is 2. The normalized spacial score (nSPS) is 11.7. The molecule has 16 heavy (non-hydrogen) atoms. The van der Waals surface area contributed by atoms with Crippen LogP contribution < -0.4 is 11.2 Å². The van der Waals surface area contributed by atoms with Gasteiger partial charge in [-0.1, -0.05) is 42.4 Å². The molecular formula is C10H16N2O2S2. The average Bonchev–Trinajstić information content (AvgIpc) is 2.13. The lowest BCUT2D eigenvalue weighted by Crippen LogP contribution is -2.24. The summed E-state index contributed by atoms with van der Waals surface area (Å²) < 4.78 is 0.224. The average molecular weight is 260 g/mol. The van der Waals surface area contributed by atoms with Crippen LogP contribution in [0.1, 0.15) is 26.3 Å². The molecule has 0 unspecified atom stereocenters. The van der Waals surface area contributed by atoms with Crippen molar-refractivity contribution >= 4 is 21.6 Å². The summed E-state index contributed by atoms with van der Waals surface area (Å²) in [5, 5.41) is 0. The van der Waals surface area contributed by atoms with Crippen LogP contribution in [0.4, 0.5) is 0 Å². The lowest BCUT2D eigenvalue weighted by molar-refractivity contribution is 0.810. The monoisotopic (exact) mass is 260 g/mol. The van der Waals surface area contributed by atoms with Gasteiger partial charge in [0.1, 0.15) is 0 Å². The number of hydrogen-bond donors (Lipinski definition) is 2. The fourth-order valence-electron chi connectivity index (χ4n) is 0.993. The van der Waals surface area contributed by atoms with E-state index in [4.69, 9.17) is 0 Å². The minimum atomic E-state index is -0.453. The van der Waals surface area contributed by atoms with Gasteiger partial charge >= 0.3 is 5.69 Å². The Bertz CT molecular complexity index is 445. The zero-order chi connectivity index (χ0) is 12.2. The van der Waals surface area contributed by atoms with Crippen LogP contribution in [0.3, 0.4) is 0 Å². The Labute approximate surface area is 102 Å². The van der Waals surface area contributed by atoms with Gasteiger partial charge in [-0.25, -0.2) is 4.79 Å². The maximum absolute atomic E-state index is 11.3. The summed E-state index contributed by atoms with van der Waals surface area (Å²) in [7, 11) is 3.53. The first kappa shape index (κ1) is 13.4. The van der Waals surface area contributed by atoms with E-state index in [9.17, 15) is 9.59 Å². The van der Waals surface area contributed by atoms with Gasteiger partial charge in [-0.15, -0.1) is 0 Å². The predicted octanol–water partition coefficient (Wildman–Crippen LogP) is 1.79. The van der Waals surface area contributed by atoms with Crippen LogP contribution in [0, 0.1) is 0 Å². The Morgan fingerprint density at radius 1 is 1.31 bits per heavy atom. The molecule has 0 amide bonds. The van der Waals surface area contributed by atoms with E-state index >= 15 is 0 Å². The molecule has 0 aromatic carbocycles. The minimum Gasteiger partial charge on any atom is -0.314 e. The van der Waals surface area contributed by atoms with E-state index in [0.29, 0.717) is 12.0 Å². The highest BCUT2D eigenvalue weighted by atomic mass is 33.1. The molecule has 1 aromatic rings. The van der Waals surface area contributed by atoms with E-state index in [1.165, 1.54) is 6.20 Å². The van der Waals surface area contributed by atoms with E-state index in [0.717, 1.165) is 5.75 Å². The lowest BCUT2D eigenvalue weighted by Gasteiger charge is -2.15. The SMILES string of the molecule is CC(C)(C)SSCCc1c[nH]c(=O)[nH]c1=O. The molecule has 90 valence electrons. The van der Waals surface area contributed by atoms with Crippen LogP contribution in [0.5, 0.6) is 0 Å². The number of aryl methyl sites for hydroxylation is 1. The Morgan fingerprint density at radius 3 is 2.56 bits per heavy atom. The molecule has 2 N–H and O–H groups in total. The Kier molecular flexibility index (Phi) is 4.73. The molecule has 1 rings (SSSR count). The second-order valence-corrected chi connectivity index (χ2v) is 7.61. The molecule has 0 aliphatic rings. The summed E-state index contributed by atoms with van der Waals surface area (Å²) in [5.74, 6) is 0.858. The molecule has 0 radical (unpaired) electrons. The third-order valence-corrected chi connectivity index (χ3v) is 5.00. The smallest absolute Gasteiger partial charge is 0.314 e. The molecule has 0 aliphatic carbocycles. The van der Waals surface area contributed by atoms with Gasteiger partial charge in [0, 0.05) is 22.3 Å². The van der Waals surface area contributed by atoms with E-state index in [1.54, 1.807) is 21.6 Å². The van der Waals surface area contributed by atoms with Crippen LogP contribution in [0.15, 0.2) is 15.8 Å². The molecule has 0 spiro atoms. The third kappa shape index (κ3) is 4.94. The van der Waals surface area contributed by atoms with Gasteiger partial charge in [-0.05, 0) is 6.42 Å². The van der Waals surface area contributed by atoms with Gasteiger partial charge in [-0.3, -0.25) is 9.78 Å². The number of aromatic amines is 2. The molecule has 0 bridgehead atoms. The van der Waals surface area contributed by atoms with Crippen molar-refractivity contribution in [1.82, 2.24) is 9.97 Å². The van der Waals surface area contributed by atoms with Crippen LogP contribution in [0.25, 0.3) is 0 Å². The van der Waals surface area contributed by atoms with Crippen LogP contribution in [0.2, 0.25) is 0 Å². The predicted molar refractivity (Wildman–Crippen MR) is 71.2 cm³/mol. The standard InChI is InChI=1S/C10H16N2O2S2/c1-10(2,3)16-15-5-4-7-6-11-9(14)12-8(7)13/h6H,4-5H2,1-3H3,(H2,11,12,13,14). The van der Waals surface area contributed by atoms with Crippen molar-refractivity contribution in [1.29, 1.82) is 0 Å². The van der Waals surface area contributed by atoms with Crippen molar-refractivity contribution < 1.29 is 0 Å². The molecule has 6 heteroatoms. The summed E-state index contributed by atoms with van der Waals surface area (Å²) in [4.78, 5) is 26.8. The van der Waals surface area contributed by atoms with Crippen molar-refractivity contribution in [3.8, 4) is 0 Å². The Morgan fingerprint density at radius 2 is 2.00 bits per heavy atom. The van der Waals surface area contributed by atoms with Crippen molar-refractivity contribution in [3.63, 3.8) is 0 Å². The largest absolute Gasteiger partial charge is 0.325 e. The summed E-state index contributed by atoms with van der Waals surface area (Å²) in [6, 6.07) is 0. The van der Waals surface area contributed by atoms with Crippen molar-refractivity contribution in [2.75, 3.05) is 5.75 Å². The fourth-order valence-corrected chi connectivity index (χ4v) is 3.29. The van der Waals surface area contributed by atoms with Gasteiger partial charge in [0.25, 0.3) is 5.56 Å². The molecule has 1 heterocycles. The quantitative estimate of drug-likeness (QED) is 0.640. The van der Waals surface area contributed by atoms with Gasteiger partial charge < -0.3 is 4.98 Å². The highest BCUT2D eigenvalue weighted by molar-refractivity contribution is 8.77. The van der Waals surface area contributed by atoms with Gasteiger partial charge in [-0.2, -0.15) is 0 Å². The van der Waals surface area contributed by atoms with E-state index in [-0.39, 0.29) is 10.3 Å². The lowest BCUT2D eigenvalue weighted by atomic mass is 10.3. The third-order valence-electron chi connectivity index (χ3n) is 1.66. The van der Waals surface area contributed by atoms with Crippen molar-refractivity contribution in [2.45, 2.75) is 31.9 Å². The first-order valence-electron chi connectivity index (χ1n) is 5.00. The molecule has 4 nitrogen and oxygen atoms in total. The van der Waals surface area contributed by atoms with Crippen LogP contribution in [-0.4, -0.2) is 20.5 Å². The first-order valence-corrected chi connectivity index (χ1v) is 7.32. The highest BCUT2D eigenvalue weighted by Gasteiger charge is 2.10. The molecule has 1 aromatic heterocycles. The van der Waals surface area contributed by atoms with Crippen LogP contribution >= 0.6 is 21.6 Å². The molecular weight excluding hydrogens is 244 g/mol. The number of H-pyrrole nitrogens is 2. The van der Waals surface area contributed by atoms with Crippen LogP contribution in [-0.2, 0) is 6.42 Å². The summed E-state index contributed by atoms with van der Waals surface area (Å²) in [6.07, 6.45) is 2.16. The van der Waals surface area contributed by atoms with Gasteiger partial charge in [0.15, 0.2) is 0 Å².